The number of benzene rings is 1. The minimum absolute atomic E-state index is 0.0641. The van der Waals surface area contributed by atoms with E-state index in [1.54, 1.807) is 35.2 Å². The Labute approximate surface area is 159 Å². The van der Waals surface area contributed by atoms with Crippen LogP contribution < -0.4 is 5.73 Å². The Bertz CT molecular complexity index is 1040. The van der Waals surface area contributed by atoms with Crippen molar-refractivity contribution < 1.29 is 22.7 Å². The van der Waals surface area contributed by atoms with E-state index in [2.05, 4.69) is 21.7 Å². The molecule has 0 bridgehead atoms. The van der Waals surface area contributed by atoms with Gasteiger partial charge >= 0.3 is 6.36 Å². The second kappa shape index (κ2) is 7.17. The van der Waals surface area contributed by atoms with Crippen molar-refractivity contribution in [2.75, 3.05) is 0 Å². The molecule has 1 aliphatic carbocycles. The van der Waals surface area contributed by atoms with E-state index < -0.39 is 17.9 Å². The van der Waals surface area contributed by atoms with Crippen LogP contribution in [0.5, 0.6) is 0 Å². The number of nitrogens with zero attached hydrogens (tertiary/aromatic N) is 2. The second-order valence-electron chi connectivity index (χ2n) is 6.43. The van der Waals surface area contributed by atoms with Crippen LogP contribution in [0, 0.1) is 11.8 Å². The van der Waals surface area contributed by atoms with Gasteiger partial charge in [-0.25, -0.2) is 0 Å². The predicted molar refractivity (Wildman–Crippen MR) is 98.1 cm³/mol. The van der Waals surface area contributed by atoms with E-state index in [-0.39, 0.29) is 12.5 Å². The largest absolute Gasteiger partial charge is 0.524 e. The van der Waals surface area contributed by atoms with Gasteiger partial charge in [-0.2, -0.15) is 5.10 Å². The SMILES string of the molecule is CC#CC1(OC(F)(F)F)C=CC(C(C)n2ncc3cccc(C(N)=O)c32)=CC1. The first kappa shape index (κ1) is 19.7. The highest BCUT2D eigenvalue weighted by molar-refractivity contribution is 6.04. The van der Waals surface area contributed by atoms with Gasteiger partial charge in [0.05, 0.1) is 23.3 Å². The third-order valence-corrected chi connectivity index (χ3v) is 4.55. The number of carbonyl (C=O) groups excluding carboxylic acids is 1. The van der Waals surface area contributed by atoms with Crippen LogP contribution in [0.1, 0.15) is 36.7 Å². The molecule has 2 N–H and O–H groups in total. The molecule has 2 atom stereocenters. The number of para-hydroxylation sites is 1. The highest BCUT2D eigenvalue weighted by atomic mass is 19.4. The van der Waals surface area contributed by atoms with Crippen molar-refractivity contribution in [2.45, 2.75) is 38.3 Å². The maximum absolute atomic E-state index is 12.8. The molecular formula is C20H18F3N3O2. The number of carbonyl (C=O) groups is 1. The number of aromatic nitrogens is 2. The summed E-state index contributed by atoms with van der Waals surface area (Å²) in [6, 6.07) is 4.79. The van der Waals surface area contributed by atoms with Crippen molar-refractivity contribution in [1.29, 1.82) is 0 Å². The molecule has 28 heavy (non-hydrogen) atoms. The molecule has 3 rings (SSSR count). The lowest BCUT2D eigenvalue weighted by Crippen LogP contribution is -2.36. The number of hydrogen-bond donors (Lipinski definition) is 1. The number of fused-ring (bicyclic) bond motifs is 1. The summed E-state index contributed by atoms with van der Waals surface area (Å²) in [7, 11) is 0. The first-order valence-corrected chi connectivity index (χ1v) is 8.52. The normalized spacial score (nSPS) is 20.4. The van der Waals surface area contributed by atoms with Crippen LogP contribution in [-0.2, 0) is 4.74 Å². The van der Waals surface area contributed by atoms with Gasteiger partial charge in [0.25, 0.3) is 5.91 Å². The van der Waals surface area contributed by atoms with Crippen LogP contribution in [0.15, 0.2) is 48.2 Å². The number of primary amides is 1. The molecule has 2 aromatic rings. The molecule has 146 valence electrons. The Kier molecular flexibility index (Phi) is 5.04. The Morgan fingerprint density at radius 1 is 1.43 bits per heavy atom. The standard InChI is InChI=1S/C20H18F3N3O2/c1-3-9-19(28-20(21,22)23)10-7-14(8-11-19)13(2)26-17-15(12-25-26)5-4-6-16(17)18(24)27/h4-8,10,12-13H,11H2,1-2H3,(H2,24,27). The number of hydrogen-bond acceptors (Lipinski definition) is 3. The minimum Gasteiger partial charge on any atom is -0.366 e. The van der Waals surface area contributed by atoms with Gasteiger partial charge in [-0.05, 0) is 31.6 Å². The van der Waals surface area contributed by atoms with E-state index in [4.69, 9.17) is 5.73 Å². The highest BCUT2D eigenvalue weighted by Crippen LogP contribution is 2.35. The molecule has 0 aliphatic heterocycles. The van der Waals surface area contributed by atoms with Crippen LogP contribution in [-0.4, -0.2) is 27.7 Å². The number of rotatable bonds is 4. The summed E-state index contributed by atoms with van der Waals surface area (Å²) in [4.78, 5) is 11.8. The number of nitrogens with two attached hydrogens (primary N) is 1. The molecule has 0 saturated heterocycles. The van der Waals surface area contributed by atoms with Crippen LogP contribution >= 0.6 is 0 Å². The molecule has 1 heterocycles. The molecular weight excluding hydrogens is 371 g/mol. The van der Waals surface area contributed by atoms with Crippen molar-refractivity contribution in [3.8, 4) is 11.8 Å². The summed E-state index contributed by atoms with van der Waals surface area (Å²) in [5, 5.41) is 5.09. The summed E-state index contributed by atoms with van der Waals surface area (Å²) >= 11 is 0. The van der Waals surface area contributed by atoms with E-state index in [9.17, 15) is 18.0 Å². The van der Waals surface area contributed by atoms with Gasteiger partial charge in [0.1, 0.15) is 0 Å². The average molecular weight is 389 g/mol. The van der Waals surface area contributed by atoms with Crippen molar-refractivity contribution >= 4 is 16.8 Å². The average Bonchev–Trinajstić information content (AvgIpc) is 3.04. The smallest absolute Gasteiger partial charge is 0.366 e. The molecule has 5 nitrogen and oxygen atoms in total. The fraction of sp³-hybridized carbons (Fsp3) is 0.300. The predicted octanol–water partition coefficient (Wildman–Crippen LogP) is 3.88. The van der Waals surface area contributed by atoms with Crippen LogP contribution in [0.3, 0.4) is 0 Å². The molecule has 1 aromatic carbocycles. The second-order valence-corrected chi connectivity index (χ2v) is 6.43. The van der Waals surface area contributed by atoms with Crippen LogP contribution in [0.25, 0.3) is 10.9 Å². The van der Waals surface area contributed by atoms with Crippen molar-refractivity contribution in [3.05, 3.63) is 53.8 Å². The Morgan fingerprint density at radius 2 is 2.18 bits per heavy atom. The van der Waals surface area contributed by atoms with Crippen LogP contribution in [0.2, 0.25) is 0 Å². The number of ether oxygens (including phenoxy) is 1. The van der Waals surface area contributed by atoms with Crippen LogP contribution in [0.4, 0.5) is 13.2 Å². The van der Waals surface area contributed by atoms with E-state index >= 15 is 0 Å². The van der Waals surface area contributed by atoms with E-state index in [1.807, 2.05) is 13.0 Å². The molecule has 0 saturated carbocycles. The summed E-state index contributed by atoms with van der Waals surface area (Å²) in [5.74, 6) is 4.41. The summed E-state index contributed by atoms with van der Waals surface area (Å²) in [6.45, 7) is 3.29. The zero-order valence-electron chi connectivity index (χ0n) is 15.2. The quantitative estimate of drug-likeness (QED) is 0.807. The van der Waals surface area contributed by atoms with E-state index in [0.29, 0.717) is 11.1 Å². The number of halogens is 3. The zero-order valence-corrected chi connectivity index (χ0v) is 15.2. The van der Waals surface area contributed by atoms with Crippen molar-refractivity contribution in [3.63, 3.8) is 0 Å². The van der Waals surface area contributed by atoms with Gasteiger partial charge in [0.2, 0.25) is 0 Å². The fourth-order valence-electron chi connectivity index (χ4n) is 3.30. The molecule has 2 unspecified atom stereocenters. The van der Waals surface area contributed by atoms with Gasteiger partial charge in [-0.3, -0.25) is 14.2 Å². The summed E-state index contributed by atoms with van der Waals surface area (Å²) in [6.07, 6.45) is 1.24. The van der Waals surface area contributed by atoms with Crippen molar-refractivity contribution in [1.82, 2.24) is 9.78 Å². The molecule has 1 amide bonds. The van der Waals surface area contributed by atoms with Gasteiger partial charge < -0.3 is 5.73 Å². The Hall–Kier alpha value is -3.05. The Balaban J connectivity index is 1.95. The van der Waals surface area contributed by atoms with Gasteiger partial charge in [0, 0.05) is 11.8 Å². The maximum Gasteiger partial charge on any atom is 0.524 e. The van der Waals surface area contributed by atoms with Gasteiger partial charge in [-0.15, -0.1) is 19.1 Å². The molecule has 1 aliphatic rings. The Morgan fingerprint density at radius 3 is 2.75 bits per heavy atom. The van der Waals surface area contributed by atoms with Crippen molar-refractivity contribution in [2.24, 2.45) is 5.73 Å². The third-order valence-electron chi connectivity index (χ3n) is 4.55. The summed E-state index contributed by atoms with van der Waals surface area (Å²) in [5.41, 5.74) is 5.35. The first-order valence-electron chi connectivity index (χ1n) is 8.52. The van der Waals surface area contributed by atoms with E-state index in [1.165, 1.54) is 13.0 Å². The third kappa shape index (κ3) is 3.80. The molecule has 0 radical (unpaired) electrons. The zero-order chi connectivity index (χ0) is 20.5. The summed E-state index contributed by atoms with van der Waals surface area (Å²) < 4.78 is 44.2. The number of alkyl halides is 3. The fourth-order valence-corrected chi connectivity index (χ4v) is 3.30. The number of amides is 1. The topological polar surface area (TPSA) is 70.1 Å². The molecule has 0 spiro atoms. The lowest BCUT2D eigenvalue weighted by molar-refractivity contribution is -0.348. The lowest BCUT2D eigenvalue weighted by atomic mass is 9.90. The van der Waals surface area contributed by atoms with E-state index in [0.717, 1.165) is 11.0 Å². The molecule has 8 heteroatoms. The maximum atomic E-state index is 12.8. The molecule has 0 fully saturated rings. The van der Waals surface area contributed by atoms with Gasteiger partial charge in [0.15, 0.2) is 5.60 Å². The first-order chi connectivity index (χ1) is 13.2. The monoisotopic (exact) mass is 389 g/mol. The lowest BCUT2D eigenvalue weighted by Gasteiger charge is -2.29. The molecule has 1 aromatic heterocycles. The number of allylic oxidation sites excluding steroid dienone is 2. The highest BCUT2D eigenvalue weighted by Gasteiger charge is 2.42. The van der Waals surface area contributed by atoms with Gasteiger partial charge in [-0.1, -0.05) is 30.2 Å². The minimum atomic E-state index is -4.81.